The Kier molecular flexibility index (Phi) is 2.79. The summed E-state index contributed by atoms with van der Waals surface area (Å²) in [6, 6.07) is 5.27. The Morgan fingerprint density at radius 2 is 2.29 bits per heavy atom. The number of rotatable bonds is 4. The van der Waals surface area contributed by atoms with E-state index in [0.717, 1.165) is 5.69 Å². The maximum Gasteiger partial charge on any atom is 0.154 e. The van der Waals surface area contributed by atoms with Crippen LogP contribution in [0.3, 0.4) is 0 Å². The molecule has 1 N–H and O–H groups in total. The number of hydrogen-bond acceptors (Lipinski definition) is 5. The molecule has 1 aliphatic rings. The molecule has 0 spiro atoms. The standard InChI is InChI=1S/C11H13N3O2S/c1-17(15,16)11(3-4-11)8-14-9-2-5-13-10(6-9)7-12/h2,5-6H,3-4,8H2,1H3,(H,13,14). The van der Waals surface area contributed by atoms with Gasteiger partial charge in [-0.1, -0.05) is 0 Å². The van der Waals surface area contributed by atoms with E-state index in [1.807, 2.05) is 6.07 Å². The van der Waals surface area contributed by atoms with E-state index < -0.39 is 14.6 Å². The fourth-order valence-electron chi connectivity index (χ4n) is 1.68. The molecule has 0 saturated heterocycles. The zero-order chi connectivity index (χ0) is 12.5. The van der Waals surface area contributed by atoms with E-state index in [2.05, 4.69) is 10.3 Å². The summed E-state index contributed by atoms with van der Waals surface area (Å²) in [4.78, 5) is 3.85. The molecule has 1 aromatic heterocycles. The molecular weight excluding hydrogens is 238 g/mol. The van der Waals surface area contributed by atoms with Crippen LogP contribution >= 0.6 is 0 Å². The van der Waals surface area contributed by atoms with E-state index in [4.69, 9.17) is 5.26 Å². The van der Waals surface area contributed by atoms with Gasteiger partial charge in [-0.25, -0.2) is 13.4 Å². The second kappa shape index (κ2) is 4.00. The summed E-state index contributed by atoms with van der Waals surface area (Å²) in [6.07, 6.45) is 4.21. The van der Waals surface area contributed by atoms with Crippen LogP contribution in [0.15, 0.2) is 18.3 Å². The third-order valence-corrected chi connectivity index (χ3v) is 5.21. The van der Waals surface area contributed by atoms with Crippen molar-refractivity contribution in [1.29, 1.82) is 5.26 Å². The molecule has 0 radical (unpaired) electrons. The van der Waals surface area contributed by atoms with Crippen molar-refractivity contribution in [3.63, 3.8) is 0 Å². The van der Waals surface area contributed by atoms with Crippen LogP contribution in [0.1, 0.15) is 18.5 Å². The number of nitrogens with one attached hydrogen (secondary N) is 1. The molecule has 1 aromatic rings. The van der Waals surface area contributed by atoms with Crippen molar-refractivity contribution in [3.8, 4) is 6.07 Å². The van der Waals surface area contributed by atoms with Gasteiger partial charge in [0.2, 0.25) is 0 Å². The molecule has 0 unspecified atom stereocenters. The minimum Gasteiger partial charge on any atom is -0.383 e. The van der Waals surface area contributed by atoms with Gasteiger partial charge in [0.15, 0.2) is 9.84 Å². The van der Waals surface area contributed by atoms with E-state index in [-0.39, 0.29) is 0 Å². The van der Waals surface area contributed by atoms with Crippen LogP contribution in [0.5, 0.6) is 0 Å². The van der Waals surface area contributed by atoms with Crippen LogP contribution in [0.25, 0.3) is 0 Å². The Labute approximate surface area is 100 Å². The van der Waals surface area contributed by atoms with Gasteiger partial charge in [0.1, 0.15) is 11.8 Å². The third kappa shape index (κ3) is 2.39. The predicted octanol–water partition coefficient (Wildman–Crippen LogP) is 0.942. The molecule has 17 heavy (non-hydrogen) atoms. The Balaban J connectivity index is 2.07. The molecule has 1 heterocycles. The van der Waals surface area contributed by atoms with Crippen molar-refractivity contribution in [2.24, 2.45) is 0 Å². The normalized spacial score (nSPS) is 17.2. The number of anilines is 1. The van der Waals surface area contributed by atoms with Crippen LogP contribution in [-0.4, -0.2) is 30.9 Å². The maximum absolute atomic E-state index is 11.6. The van der Waals surface area contributed by atoms with Gasteiger partial charge in [-0.15, -0.1) is 0 Å². The van der Waals surface area contributed by atoms with Gasteiger partial charge in [0, 0.05) is 24.7 Å². The van der Waals surface area contributed by atoms with Crippen LogP contribution in [0, 0.1) is 11.3 Å². The summed E-state index contributed by atoms with van der Waals surface area (Å²) in [5, 5.41) is 11.8. The molecule has 1 fully saturated rings. The first-order chi connectivity index (χ1) is 7.97. The third-order valence-electron chi connectivity index (χ3n) is 3.08. The smallest absolute Gasteiger partial charge is 0.154 e. The second-order valence-corrected chi connectivity index (χ2v) is 6.76. The van der Waals surface area contributed by atoms with Gasteiger partial charge < -0.3 is 5.32 Å². The predicted molar refractivity (Wildman–Crippen MR) is 64.3 cm³/mol. The van der Waals surface area contributed by atoms with Gasteiger partial charge in [0.25, 0.3) is 0 Å². The Morgan fingerprint density at radius 3 is 2.82 bits per heavy atom. The van der Waals surface area contributed by atoms with E-state index in [0.29, 0.717) is 25.1 Å². The molecule has 5 nitrogen and oxygen atoms in total. The van der Waals surface area contributed by atoms with E-state index in [9.17, 15) is 8.42 Å². The van der Waals surface area contributed by atoms with Gasteiger partial charge in [-0.05, 0) is 25.0 Å². The number of nitrogens with zero attached hydrogens (tertiary/aromatic N) is 2. The van der Waals surface area contributed by atoms with Crippen molar-refractivity contribution >= 4 is 15.5 Å². The van der Waals surface area contributed by atoms with Crippen molar-refractivity contribution in [2.45, 2.75) is 17.6 Å². The fourth-order valence-corrected chi connectivity index (χ4v) is 2.86. The summed E-state index contributed by atoms with van der Waals surface area (Å²) >= 11 is 0. The van der Waals surface area contributed by atoms with Crippen LogP contribution in [0.2, 0.25) is 0 Å². The average Bonchev–Trinajstić information content (AvgIpc) is 3.07. The highest BCUT2D eigenvalue weighted by molar-refractivity contribution is 7.92. The second-order valence-electron chi connectivity index (χ2n) is 4.35. The molecule has 6 heteroatoms. The lowest BCUT2D eigenvalue weighted by Gasteiger charge is -2.14. The quantitative estimate of drug-likeness (QED) is 0.861. The molecule has 1 aliphatic carbocycles. The van der Waals surface area contributed by atoms with E-state index >= 15 is 0 Å². The summed E-state index contributed by atoms with van der Waals surface area (Å²) in [5.74, 6) is 0. The number of hydrogen-bond donors (Lipinski definition) is 1. The molecule has 0 aromatic carbocycles. The SMILES string of the molecule is CS(=O)(=O)C1(CNc2ccnc(C#N)c2)CC1. The Morgan fingerprint density at radius 1 is 1.59 bits per heavy atom. The first-order valence-corrected chi connectivity index (χ1v) is 7.16. The first-order valence-electron chi connectivity index (χ1n) is 5.26. The van der Waals surface area contributed by atoms with Gasteiger partial charge in [-0.2, -0.15) is 5.26 Å². The summed E-state index contributed by atoms with van der Waals surface area (Å²) in [7, 11) is -3.02. The number of nitriles is 1. The lowest BCUT2D eigenvalue weighted by molar-refractivity contribution is 0.585. The van der Waals surface area contributed by atoms with Crippen LogP contribution in [0.4, 0.5) is 5.69 Å². The molecule has 0 atom stereocenters. The van der Waals surface area contributed by atoms with Crippen LogP contribution in [-0.2, 0) is 9.84 Å². The lowest BCUT2D eigenvalue weighted by atomic mass is 10.3. The highest BCUT2D eigenvalue weighted by atomic mass is 32.2. The zero-order valence-electron chi connectivity index (χ0n) is 9.47. The van der Waals surface area contributed by atoms with Crippen LogP contribution < -0.4 is 5.32 Å². The summed E-state index contributed by atoms with van der Waals surface area (Å²) in [6.45, 7) is 0.390. The van der Waals surface area contributed by atoms with Crippen molar-refractivity contribution in [1.82, 2.24) is 4.98 Å². The Bertz CT molecular complexity index is 571. The summed E-state index contributed by atoms with van der Waals surface area (Å²) in [5.41, 5.74) is 1.05. The number of pyridine rings is 1. The van der Waals surface area contributed by atoms with Crippen molar-refractivity contribution < 1.29 is 8.42 Å². The zero-order valence-corrected chi connectivity index (χ0v) is 10.3. The molecule has 0 amide bonds. The molecular formula is C11H13N3O2S. The number of sulfone groups is 1. The molecule has 90 valence electrons. The first kappa shape index (κ1) is 11.9. The minimum atomic E-state index is -3.02. The molecule has 2 rings (SSSR count). The highest BCUT2D eigenvalue weighted by Gasteiger charge is 2.51. The van der Waals surface area contributed by atoms with Gasteiger partial charge >= 0.3 is 0 Å². The van der Waals surface area contributed by atoms with E-state index in [1.54, 1.807) is 12.1 Å². The number of aromatic nitrogens is 1. The Hall–Kier alpha value is -1.61. The lowest BCUT2D eigenvalue weighted by Crippen LogP contribution is -2.30. The molecule has 1 saturated carbocycles. The summed E-state index contributed by atoms with van der Waals surface area (Å²) < 4.78 is 22.5. The topological polar surface area (TPSA) is 82.8 Å². The highest BCUT2D eigenvalue weighted by Crippen LogP contribution is 2.43. The fraction of sp³-hybridized carbons (Fsp3) is 0.455. The monoisotopic (exact) mass is 251 g/mol. The minimum absolute atomic E-state index is 0.319. The van der Waals surface area contributed by atoms with Gasteiger partial charge in [-0.3, -0.25) is 0 Å². The van der Waals surface area contributed by atoms with E-state index in [1.165, 1.54) is 12.5 Å². The van der Waals surface area contributed by atoms with Crippen molar-refractivity contribution in [3.05, 3.63) is 24.0 Å². The molecule has 0 bridgehead atoms. The average molecular weight is 251 g/mol. The van der Waals surface area contributed by atoms with Gasteiger partial charge in [0.05, 0.1) is 4.75 Å². The largest absolute Gasteiger partial charge is 0.383 e. The maximum atomic E-state index is 11.6. The van der Waals surface area contributed by atoms with Crippen molar-refractivity contribution in [2.75, 3.05) is 18.1 Å². The molecule has 0 aliphatic heterocycles.